The molecule has 2 N–H and O–H groups in total. The van der Waals surface area contributed by atoms with Crippen LogP contribution < -0.4 is 5.73 Å². The summed E-state index contributed by atoms with van der Waals surface area (Å²) in [6.07, 6.45) is 9.39. The fourth-order valence-electron chi connectivity index (χ4n) is 4.04. The minimum Gasteiger partial charge on any atom is -0.329 e. The molecular formula is C19H28N2. The van der Waals surface area contributed by atoms with Crippen molar-refractivity contribution in [1.29, 1.82) is 0 Å². The highest BCUT2D eigenvalue weighted by Crippen LogP contribution is 2.40. The maximum atomic E-state index is 6.35. The second kappa shape index (κ2) is 5.40. The van der Waals surface area contributed by atoms with E-state index in [9.17, 15) is 0 Å². The number of nitrogens with zero attached hydrogens (tertiary/aromatic N) is 1. The summed E-state index contributed by atoms with van der Waals surface area (Å²) in [6, 6.07) is 9.01. The van der Waals surface area contributed by atoms with E-state index in [1.807, 2.05) is 0 Å². The molecule has 2 saturated carbocycles. The van der Waals surface area contributed by atoms with Crippen molar-refractivity contribution in [2.45, 2.75) is 50.5 Å². The van der Waals surface area contributed by atoms with Gasteiger partial charge in [-0.15, -0.1) is 0 Å². The molecule has 1 aromatic rings. The third-order valence-corrected chi connectivity index (χ3v) is 5.90. The molecule has 114 valence electrons. The summed E-state index contributed by atoms with van der Waals surface area (Å²) in [7, 11) is 0. The van der Waals surface area contributed by atoms with Crippen molar-refractivity contribution in [2.24, 2.45) is 17.6 Å². The number of aryl methyl sites for hydroxylation is 1. The van der Waals surface area contributed by atoms with E-state index in [1.165, 1.54) is 58.0 Å². The second-order valence-corrected chi connectivity index (χ2v) is 7.67. The highest BCUT2D eigenvalue weighted by molar-refractivity contribution is 5.32. The first-order valence-corrected chi connectivity index (χ1v) is 8.81. The molecule has 1 unspecified atom stereocenters. The van der Waals surface area contributed by atoms with E-state index in [0.29, 0.717) is 0 Å². The molecule has 1 aromatic carbocycles. The minimum atomic E-state index is 0.236. The fraction of sp³-hybridized carbons (Fsp3) is 0.684. The van der Waals surface area contributed by atoms with E-state index in [4.69, 9.17) is 5.73 Å². The predicted molar refractivity (Wildman–Crippen MR) is 87.3 cm³/mol. The molecule has 21 heavy (non-hydrogen) atoms. The van der Waals surface area contributed by atoms with Crippen LogP contribution in [-0.2, 0) is 12.8 Å². The topological polar surface area (TPSA) is 29.3 Å². The zero-order chi connectivity index (χ0) is 14.3. The van der Waals surface area contributed by atoms with Crippen LogP contribution in [0.5, 0.6) is 0 Å². The first kappa shape index (κ1) is 13.8. The van der Waals surface area contributed by atoms with Crippen molar-refractivity contribution in [3.63, 3.8) is 0 Å². The van der Waals surface area contributed by atoms with Gasteiger partial charge in [-0.1, -0.05) is 24.3 Å². The molecule has 2 heteroatoms. The van der Waals surface area contributed by atoms with Gasteiger partial charge in [0.1, 0.15) is 0 Å². The molecule has 0 aliphatic heterocycles. The molecule has 0 radical (unpaired) electrons. The lowest BCUT2D eigenvalue weighted by Gasteiger charge is -2.47. The van der Waals surface area contributed by atoms with Crippen LogP contribution in [0.4, 0.5) is 0 Å². The zero-order valence-electron chi connectivity index (χ0n) is 13.1. The van der Waals surface area contributed by atoms with Crippen LogP contribution in [-0.4, -0.2) is 30.1 Å². The number of nitrogens with two attached hydrogens (primary N) is 1. The normalized spacial score (nSPS) is 28.7. The van der Waals surface area contributed by atoms with E-state index in [-0.39, 0.29) is 5.54 Å². The summed E-state index contributed by atoms with van der Waals surface area (Å²) in [5.74, 6) is 1.92. The summed E-state index contributed by atoms with van der Waals surface area (Å²) in [4.78, 5) is 2.82. The van der Waals surface area contributed by atoms with Gasteiger partial charge in [-0.3, -0.25) is 4.90 Å². The quantitative estimate of drug-likeness (QED) is 0.870. The lowest BCUT2D eigenvalue weighted by molar-refractivity contribution is 0.0688. The molecule has 2 nitrogen and oxygen atoms in total. The molecule has 3 aliphatic carbocycles. The fourth-order valence-corrected chi connectivity index (χ4v) is 4.04. The molecule has 0 amide bonds. The average Bonchev–Trinajstić information content (AvgIpc) is 3.41. The third kappa shape index (κ3) is 2.89. The minimum absolute atomic E-state index is 0.236. The van der Waals surface area contributed by atoms with Crippen LogP contribution in [0.25, 0.3) is 0 Å². The van der Waals surface area contributed by atoms with Gasteiger partial charge in [-0.05, 0) is 67.9 Å². The van der Waals surface area contributed by atoms with Gasteiger partial charge in [-0.25, -0.2) is 0 Å². The van der Waals surface area contributed by atoms with Crippen molar-refractivity contribution in [3.8, 4) is 0 Å². The summed E-state index contributed by atoms with van der Waals surface area (Å²) in [5.41, 5.74) is 9.68. The van der Waals surface area contributed by atoms with Gasteiger partial charge in [0.15, 0.2) is 0 Å². The largest absolute Gasteiger partial charge is 0.329 e. The first-order chi connectivity index (χ1) is 10.3. The van der Waals surface area contributed by atoms with Crippen LogP contribution in [0.2, 0.25) is 0 Å². The number of hydrogen-bond acceptors (Lipinski definition) is 2. The van der Waals surface area contributed by atoms with E-state index >= 15 is 0 Å². The van der Waals surface area contributed by atoms with Crippen LogP contribution in [0.3, 0.4) is 0 Å². The third-order valence-electron chi connectivity index (χ3n) is 5.90. The van der Waals surface area contributed by atoms with E-state index in [0.717, 1.165) is 18.4 Å². The number of rotatable bonds is 6. The van der Waals surface area contributed by atoms with Crippen molar-refractivity contribution in [2.75, 3.05) is 19.6 Å². The average molecular weight is 284 g/mol. The Morgan fingerprint density at radius 3 is 2.19 bits per heavy atom. The first-order valence-electron chi connectivity index (χ1n) is 8.81. The summed E-state index contributed by atoms with van der Waals surface area (Å²) < 4.78 is 0. The molecule has 0 saturated heterocycles. The Morgan fingerprint density at radius 1 is 1.00 bits per heavy atom. The van der Waals surface area contributed by atoms with Crippen molar-refractivity contribution in [3.05, 3.63) is 35.4 Å². The smallest absolute Gasteiger partial charge is 0.0375 e. The molecule has 0 spiro atoms. The second-order valence-electron chi connectivity index (χ2n) is 7.67. The Kier molecular flexibility index (Phi) is 3.55. The molecule has 0 bridgehead atoms. The SMILES string of the molecule is NCC1(N(CC2CC2)CC2CC2)CCc2ccccc2C1. The van der Waals surface area contributed by atoms with Gasteiger partial charge in [0.05, 0.1) is 0 Å². The molecule has 2 fully saturated rings. The Balaban J connectivity index is 1.58. The molecular weight excluding hydrogens is 256 g/mol. The zero-order valence-corrected chi connectivity index (χ0v) is 13.1. The van der Waals surface area contributed by atoms with E-state index in [1.54, 1.807) is 11.1 Å². The van der Waals surface area contributed by atoms with Gasteiger partial charge in [-0.2, -0.15) is 0 Å². The lowest BCUT2D eigenvalue weighted by atomic mass is 9.76. The van der Waals surface area contributed by atoms with Crippen molar-refractivity contribution in [1.82, 2.24) is 4.90 Å². The monoisotopic (exact) mass is 284 g/mol. The van der Waals surface area contributed by atoms with Crippen LogP contribution in [0.1, 0.15) is 43.2 Å². The maximum Gasteiger partial charge on any atom is 0.0375 e. The highest BCUT2D eigenvalue weighted by Gasteiger charge is 2.42. The van der Waals surface area contributed by atoms with Gasteiger partial charge in [0.25, 0.3) is 0 Å². The standard InChI is InChI=1S/C19H28N2/c20-14-19(10-9-17-3-1-2-4-18(17)11-19)21(12-15-5-6-15)13-16-7-8-16/h1-4,15-16H,5-14,20H2. The van der Waals surface area contributed by atoms with E-state index < -0.39 is 0 Å². The summed E-state index contributed by atoms with van der Waals surface area (Å²) in [5, 5.41) is 0. The Labute approximate surface area is 128 Å². The van der Waals surface area contributed by atoms with Crippen LogP contribution >= 0.6 is 0 Å². The Morgan fingerprint density at radius 2 is 1.62 bits per heavy atom. The van der Waals surface area contributed by atoms with Gasteiger partial charge in [0.2, 0.25) is 0 Å². The van der Waals surface area contributed by atoms with E-state index in [2.05, 4.69) is 29.2 Å². The predicted octanol–water partition coefficient (Wildman–Crippen LogP) is 2.99. The van der Waals surface area contributed by atoms with Crippen molar-refractivity contribution >= 4 is 0 Å². The van der Waals surface area contributed by atoms with Crippen LogP contribution in [0.15, 0.2) is 24.3 Å². The molecule has 0 heterocycles. The molecule has 1 atom stereocenters. The maximum absolute atomic E-state index is 6.35. The van der Waals surface area contributed by atoms with Gasteiger partial charge >= 0.3 is 0 Å². The summed E-state index contributed by atoms with van der Waals surface area (Å²) in [6.45, 7) is 3.42. The lowest BCUT2D eigenvalue weighted by Crippen LogP contribution is -2.58. The Hall–Kier alpha value is -0.860. The highest BCUT2D eigenvalue weighted by atomic mass is 15.2. The summed E-state index contributed by atoms with van der Waals surface area (Å²) >= 11 is 0. The van der Waals surface area contributed by atoms with Gasteiger partial charge in [0, 0.05) is 25.2 Å². The molecule has 3 aliphatic rings. The van der Waals surface area contributed by atoms with Crippen LogP contribution in [0, 0.1) is 11.8 Å². The van der Waals surface area contributed by atoms with Gasteiger partial charge < -0.3 is 5.73 Å². The number of hydrogen-bond donors (Lipinski definition) is 1. The number of benzene rings is 1. The molecule has 4 rings (SSSR count). The Bertz CT molecular complexity index is 490. The molecule has 0 aromatic heterocycles. The number of fused-ring (bicyclic) bond motifs is 1. The van der Waals surface area contributed by atoms with Crippen molar-refractivity contribution < 1.29 is 0 Å².